The van der Waals surface area contributed by atoms with E-state index in [0.717, 1.165) is 43.7 Å². The summed E-state index contributed by atoms with van der Waals surface area (Å²) >= 11 is 2.78. The predicted molar refractivity (Wildman–Crippen MR) is 165 cm³/mol. The van der Waals surface area contributed by atoms with Gasteiger partial charge in [-0.2, -0.15) is 0 Å². The SMILES string of the molecule is CCOP(=O)(OCC)c1ccc(-c2cc(C)nc(-c3cc(-c4ccc(P(=O)(OCC)OCC)s4)cc(C)n3)c2)s1. The van der Waals surface area contributed by atoms with Crippen LogP contribution in [0.1, 0.15) is 39.1 Å². The van der Waals surface area contributed by atoms with Gasteiger partial charge in [0.1, 0.15) is 9.24 Å². The Morgan fingerprint density at radius 1 is 0.600 bits per heavy atom. The molecule has 0 aliphatic heterocycles. The first kappa shape index (κ1) is 30.9. The lowest BCUT2D eigenvalue weighted by atomic mass is 10.1. The molecule has 0 N–H and O–H groups in total. The second kappa shape index (κ2) is 13.3. The van der Waals surface area contributed by atoms with Gasteiger partial charge in [0, 0.05) is 21.1 Å². The molecule has 0 unspecified atom stereocenters. The summed E-state index contributed by atoms with van der Waals surface area (Å²) in [6, 6.07) is 15.4. The fraction of sp³-hybridized carbons (Fsp3) is 0.357. The molecule has 0 bridgehead atoms. The Labute approximate surface area is 243 Å². The van der Waals surface area contributed by atoms with Crippen molar-refractivity contribution in [1.29, 1.82) is 0 Å². The monoisotopic (exact) mass is 620 g/mol. The van der Waals surface area contributed by atoms with E-state index in [1.54, 1.807) is 27.7 Å². The van der Waals surface area contributed by atoms with E-state index in [1.807, 2.05) is 62.4 Å². The first-order valence-electron chi connectivity index (χ1n) is 13.1. The van der Waals surface area contributed by atoms with Gasteiger partial charge in [0.2, 0.25) is 0 Å². The maximum Gasteiger partial charge on any atom is 0.371 e. The van der Waals surface area contributed by atoms with Crippen molar-refractivity contribution < 1.29 is 27.2 Å². The van der Waals surface area contributed by atoms with Gasteiger partial charge in [0.05, 0.1) is 37.8 Å². The third-order valence-corrected chi connectivity index (χ3v) is 13.2. The number of hydrogen-bond donors (Lipinski definition) is 0. The van der Waals surface area contributed by atoms with Crippen LogP contribution < -0.4 is 9.24 Å². The van der Waals surface area contributed by atoms with E-state index in [2.05, 4.69) is 0 Å². The maximum absolute atomic E-state index is 13.3. The first-order chi connectivity index (χ1) is 19.1. The summed E-state index contributed by atoms with van der Waals surface area (Å²) in [4.78, 5) is 11.4. The molecule has 0 radical (unpaired) electrons. The van der Waals surface area contributed by atoms with Gasteiger partial charge in [-0.15, -0.1) is 22.7 Å². The molecule has 0 atom stereocenters. The molecule has 4 rings (SSSR count). The van der Waals surface area contributed by atoms with Crippen LogP contribution in [0.5, 0.6) is 0 Å². The minimum atomic E-state index is -3.37. The Bertz CT molecular complexity index is 1430. The van der Waals surface area contributed by atoms with E-state index in [1.165, 1.54) is 22.7 Å². The van der Waals surface area contributed by atoms with E-state index in [0.29, 0.717) is 35.7 Å². The minimum Gasteiger partial charge on any atom is -0.305 e. The molecule has 0 aliphatic rings. The van der Waals surface area contributed by atoms with Gasteiger partial charge in [-0.25, -0.2) is 0 Å². The molecule has 12 heteroatoms. The fourth-order valence-electron chi connectivity index (χ4n) is 4.15. The highest BCUT2D eigenvalue weighted by Crippen LogP contribution is 2.50. The highest BCUT2D eigenvalue weighted by Gasteiger charge is 2.30. The lowest BCUT2D eigenvalue weighted by Gasteiger charge is -2.15. The summed E-state index contributed by atoms with van der Waals surface area (Å²) in [5.74, 6) is 0. The average Bonchev–Trinajstić information content (AvgIpc) is 3.60. The van der Waals surface area contributed by atoms with Crippen molar-refractivity contribution in [2.45, 2.75) is 41.5 Å². The molecule has 4 aromatic rings. The Balaban J connectivity index is 1.71. The molecule has 214 valence electrons. The van der Waals surface area contributed by atoms with Crippen molar-refractivity contribution in [1.82, 2.24) is 9.97 Å². The molecule has 0 fully saturated rings. The molecule has 8 nitrogen and oxygen atoms in total. The zero-order valence-electron chi connectivity index (χ0n) is 23.5. The number of pyridine rings is 2. The van der Waals surface area contributed by atoms with Crippen molar-refractivity contribution in [2.75, 3.05) is 26.4 Å². The molecule has 4 aromatic heterocycles. The molecule has 0 spiro atoms. The lowest BCUT2D eigenvalue weighted by Crippen LogP contribution is -2.06. The normalized spacial score (nSPS) is 12.2. The number of aryl methyl sites for hydroxylation is 2. The fourth-order valence-corrected chi connectivity index (χ4v) is 10.3. The van der Waals surface area contributed by atoms with Gasteiger partial charge in [-0.3, -0.25) is 19.1 Å². The van der Waals surface area contributed by atoms with Gasteiger partial charge in [0.15, 0.2) is 0 Å². The van der Waals surface area contributed by atoms with Gasteiger partial charge in [-0.05, 0) is 101 Å². The molecule has 0 saturated carbocycles. The molecule has 0 saturated heterocycles. The van der Waals surface area contributed by atoms with Crippen LogP contribution in [0.15, 0.2) is 48.5 Å². The minimum absolute atomic E-state index is 0.297. The third-order valence-electron chi connectivity index (χ3n) is 5.66. The quantitative estimate of drug-likeness (QED) is 0.139. The predicted octanol–water partition coefficient (Wildman–Crippen LogP) is 8.00. The van der Waals surface area contributed by atoms with Crippen LogP contribution in [0.25, 0.3) is 32.3 Å². The summed E-state index contributed by atoms with van der Waals surface area (Å²) in [5.41, 5.74) is 4.99. The van der Waals surface area contributed by atoms with Crippen molar-refractivity contribution in [2.24, 2.45) is 0 Å². The van der Waals surface area contributed by atoms with Gasteiger partial charge in [0.25, 0.3) is 0 Å². The summed E-state index contributed by atoms with van der Waals surface area (Å²) in [6.45, 7) is 12.3. The highest BCUT2D eigenvalue weighted by molar-refractivity contribution is 7.69. The Morgan fingerprint density at radius 2 is 0.950 bits per heavy atom. The van der Waals surface area contributed by atoms with Gasteiger partial charge in [-0.1, -0.05) is 0 Å². The van der Waals surface area contributed by atoms with Crippen molar-refractivity contribution in [3.63, 3.8) is 0 Å². The zero-order valence-corrected chi connectivity index (χ0v) is 26.9. The van der Waals surface area contributed by atoms with Crippen LogP contribution in [0.2, 0.25) is 0 Å². The molecule has 0 aliphatic carbocycles. The average molecular weight is 621 g/mol. The van der Waals surface area contributed by atoms with E-state index in [4.69, 9.17) is 28.1 Å². The van der Waals surface area contributed by atoms with E-state index >= 15 is 0 Å². The molecule has 4 heterocycles. The Hall–Kier alpha value is -2.00. The number of thiophene rings is 2. The number of rotatable bonds is 13. The van der Waals surface area contributed by atoms with Crippen LogP contribution in [-0.2, 0) is 27.2 Å². The second-order valence-electron chi connectivity index (χ2n) is 8.71. The van der Waals surface area contributed by atoms with Gasteiger partial charge < -0.3 is 18.1 Å². The number of nitrogens with zero attached hydrogens (tertiary/aromatic N) is 2. The highest BCUT2D eigenvalue weighted by atomic mass is 32.1. The molecule has 0 aromatic carbocycles. The van der Waals surface area contributed by atoms with E-state index in [-0.39, 0.29) is 0 Å². The number of aromatic nitrogens is 2. The topological polar surface area (TPSA) is 96.8 Å². The maximum atomic E-state index is 13.3. The molecule has 0 amide bonds. The molecular weight excluding hydrogens is 586 g/mol. The largest absolute Gasteiger partial charge is 0.371 e. The van der Waals surface area contributed by atoms with Crippen molar-refractivity contribution in [3.8, 4) is 32.3 Å². The third kappa shape index (κ3) is 6.89. The van der Waals surface area contributed by atoms with E-state index in [9.17, 15) is 9.13 Å². The van der Waals surface area contributed by atoms with E-state index < -0.39 is 15.2 Å². The Morgan fingerprint density at radius 3 is 1.27 bits per heavy atom. The zero-order chi connectivity index (χ0) is 28.9. The Kier molecular flexibility index (Phi) is 10.3. The summed E-state index contributed by atoms with van der Waals surface area (Å²) in [7, 11) is -6.73. The number of hydrogen-bond acceptors (Lipinski definition) is 10. The summed E-state index contributed by atoms with van der Waals surface area (Å²) < 4.78 is 49.8. The van der Waals surface area contributed by atoms with Crippen molar-refractivity contribution >= 4 is 47.1 Å². The smallest absolute Gasteiger partial charge is 0.305 e. The molecule has 40 heavy (non-hydrogen) atoms. The van der Waals surface area contributed by atoms with Crippen LogP contribution in [0.4, 0.5) is 0 Å². The standard InChI is InChI=1S/C28H34N2O6P2S2/c1-7-33-37(31,34-8-2)27-13-11-25(39-27)21-15-19(5)29-23(17-21)24-18-22(16-20(6)30-24)26-12-14-28(40-26)38(32,35-9-3)36-10-4/h11-18H,7-10H2,1-6H3. The molecular formula is C28H34N2O6P2S2. The van der Waals surface area contributed by atoms with Crippen LogP contribution >= 0.6 is 37.9 Å². The summed E-state index contributed by atoms with van der Waals surface area (Å²) in [6.07, 6.45) is 0. The lowest BCUT2D eigenvalue weighted by molar-refractivity contribution is 0.229. The second-order valence-corrected chi connectivity index (χ2v) is 15.5. The van der Waals surface area contributed by atoms with Crippen LogP contribution in [-0.4, -0.2) is 36.4 Å². The summed E-state index contributed by atoms with van der Waals surface area (Å²) in [5, 5.41) is 0. The van der Waals surface area contributed by atoms with Crippen LogP contribution in [0, 0.1) is 13.8 Å². The van der Waals surface area contributed by atoms with Crippen molar-refractivity contribution in [3.05, 3.63) is 59.9 Å². The van der Waals surface area contributed by atoms with Gasteiger partial charge >= 0.3 is 15.2 Å². The van der Waals surface area contributed by atoms with Crippen LogP contribution in [0.3, 0.4) is 0 Å². The first-order valence-corrected chi connectivity index (χ1v) is 17.8.